The molecular formula is C8H16NO5P. The minimum absolute atomic E-state index is 0.219. The van der Waals surface area contributed by atoms with Crippen molar-refractivity contribution >= 4 is 13.6 Å². The van der Waals surface area contributed by atoms with Crippen LogP contribution >= 0.6 is 7.60 Å². The van der Waals surface area contributed by atoms with Gasteiger partial charge in [-0.15, -0.1) is 0 Å². The van der Waals surface area contributed by atoms with Crippen LogP contribution in [0, 0.1) is 0 Å². The predicted molar refractivity (Wildman–Crippen MR) is 55.3 cm³/mol. The van der Waals surface area contributed by atoms with Gasteiger partial charge in [0.2, 0.25) is 0 Å². The molecule has 0 aliphatic heterocycles. The van der Waals surface area contributed by atoms with Crippen LogP contribution in [0.15, 0.2) is 12.7 Å². The SMILES string of the molecule is C=CC(=O)OCCCN(C)CP(=O)(O)O. The Hall–Kier alpha value is -0.680. The zero-order valence-corrected chi connectivity index (χ0v) is 9.52. The summed E-state index contributed by atoms with van der Waals surface area (Å²) in [5.41, 5.74) is 0. The lowest BCUT2D eigenvalue weighted by Gasteiger charge is -2.16. The lowest BCUT2D eigenvalue weighted by Crippen LogP contribution is -2.22. The maximum Gasteiger partial charge on any atom is 0.339 e. The van der Waals surface area contributed by atoms with E-state index in [1.54, 1.807) is 7.05 Å². The topological polar surface area (TPSA) is 87.1 Å². The van der Waals surface area contributed by atoms with Gasteiger partial charge in [-0.05, 0) is 13.5 Å². The molecule has 88 valence electrons. The lowest BCUT2D eigenvalue weighted by atomic mass is 10.4. The first kappa shape index (κ1) is 14.3. The summed E-state index contributed by atoms with van der Waals surface area (Å²) in [5, 5.41) is 0. The Labute approximate surface area is 88.7 Å². The number of esters is 1. The fourth-order valence-electron chi connectivity index (χ4n) is 0.951. The monoisotopic (exact) mass is 237 g/mol. The van der Waals surface area contributed by atoms with Crippen molar-refractivity contribution in [3.63, 3.8) is 0 Å². The average Bonchev–Trinajstić information content (AvgIpc) is 2.09. The Kier molecular flexibility index (Phi) is 6.43. The Morgan fingerprint density at radius 3 is 2.67 bits per heavy atom. The van der Waals surface area contributed by atoms with E-state index in [2.05, 4.69) is 6.58 Å². The predicted octanol–water partition coefficient (Wildman–Crippen LogP) is 0.173. The summed E-state index contributed by atoms with van der Waals surface area (Å²) in [6.45, 7) is 3.91. The average molecular weight is 237 g/mol. The maximum atomic E-state index is 10.6. The van der Waals surface area contributed by atoms with Gasteiger partial charge in [0.1, 0.15) is 6.29 Å². The van der Waals surface area contributed by atoms with Gasteiger partial charge in [-0.25, -0.2) is 4.79 Å². The van der Waals surface area contributed by atoms with Crippen molar-refractivity contribution in [2.75, 3.05) is 26.5 Å². The van der Waals surface area contributed by atoms with Gasteiger partial charge >= 0.3 is 13.6 Å². The number of ether oxygens (including phenoxy) is 1. The van der Waals surface area contributed by atoms with E-state index < -0.39 is 13.6 Å². The van der Waals surface area contributed by atoms with Crippen LogP contribution in [0.5, 0.6) is 0 Å². The first-order chi connectivity index (χ1) is 6.85. The fraction of sp³-hybridized carbons (Fsp3) is 0.625. The molecule has 0 aromatic rings. The van der Waals surface area contributed by atoms with Crippen molar-refractivity contribution in [2.24, 2.45) is 0 Å². The van der Waals surface area contributed by atoms with E-state index >= 15 is 0 Å². The lowest BCUT2D eigenvalue weighted by molar-refractivity contribution is -0.137. The number of carbonyl (C=O) groups excluding carboxylic acids is 1. The van der Waals surface area contributed by atoms with Gasteiger partial charge in [-0.2, -0.15) is 0 Å². The molecule has 0 aliphatic carbocycles. The van der Waals surface area contributed by atoms with Crippen LogP contribution in [0.4, 0.5) is 0 Å². The summed E-state index contributed by atoms with van der Waals surface area (Å²) in [5.74, 6) is -0.493. The van der Waals surface area contributed by atoms with Crippen molar-refractivity contribution in [1.82, 2.24) is 4.90 Å². The molecule has 0 heterocycles. The Bertz CT molecular complexity index is 262. The molecule has 0 radical (unpaired) electrons. The molecule has 0 amide bonds. The third kappa shape index (κ3) is 9.62. The Balaban J connectivity index is 3.56. The summed E-state index contributed by atoms with van der Waals surface area (Å²) >= 11 is 0. The van der Waals surface area contributed by atoms with Gasteiger partial charge in [0.05, 0.1) is 6.61 Å². The Morgan fingerprint density at radius 2 is 2.20 bits per heavy atom. The molecule has 0 fully saturated rings. The summed E-state index contributed by atoms with van der Waals surface area (Å²) < 4.78 is 15.3. The second kappa shape index (κ2) is 6.74. The normalized spacial score (nSPS) is 11.5. The smallest absolute Gasteiger partial charge is 0.339 e. The van der Waals surface area contributed by atoms with Crippen LogP contribution in [0.2, 0.25) is 0 Å². The van der Waals surface area contributed by atoms with E-state index in [-0.39, 0.29) is 12.9 Å². The van der Waals surface area contributed by atoms with Gasteiger partial charge in [-0.1, -0.05) is 6.58 Å². The molecule has 15 heavy (non-hydrogen) atoms. The third-order valence-electron chi connectivity index (χ3n) is 1.52. The van der Waals surface area contributed by atoms with Crippen LogP contribution in [-0.2, 0) is 14.1 Å². The van der Waals surface area contributed by atoms with Gasteiger partial charge in [0.25, 0.3) is 0 Å². The highest BCUT2D eigenvalue weighted by atomic mass is 31.2. The van der Waals surface area contributed by atoms with Gasteiger partial charge in [-0.3, -0.25) is 9.46 Å². The number of hydrogen-bond acceptors (Lipinski definition) is 4. The molecule has 2 N–H and O–H groups in total. The molecule has 7 heteroatoms. The standard InChI is InChI=1S/C8H16NO5P/c1-3-8(10)14-6-4-5-9(2)7-15(11,12)13/h3H,1,4-7H2,2H3,(H2,11,12,13). The number of nitrogens with zero attached hydrogens (tertiary/aromatic N) is 1. The van der Waals surface area contributed by atoms with E-state index in [9.17, 15) is 9.36 Å². The minimum atomic E-state index is -3.99. The van der Waals surface area contributed by atoms with Crippen LogP contribution in [0.3, 0.4) is 0 Å². The first-order valence-electron chi connectivity index (χ1n) is 4.37. The van der Waals surface area contributed by atoms with Gasteiger partial charge < -0.3 is 14.5 Å². The molecule has 0 bridgehead atoms. The molecule has 6 nitrogen and oxygen atoms in total. The van der Waals surface area contributed by atoms with Crippen LogP contribution < -0.4 is 0 Å². The fourth-order valence-corrected chi connectivity index (χ4v) is 1.72. The van der Waals surface area contributed by atoms with E-state index in [1.165, 1.54) is 4.90 Å². The van der Waals surface area contributed by atoms with Gasteiger partial charge in [0.15, 0.2) is 0 Å². The number of hydrogen-bond donors (Lipinski definition) is 2. The second-order valence-corrected chi connectivity index (χ2v) is 4.72. The van der Waals surface area contributed by atoms with E-state index in [0.29, 0.717) is 13.0 Å². The molecular weight excluding hydrogens is 221 g/mol. The highest BCUT2D eigenvalue weighted by Gasteiger charge is 2.15. The zero-order valence-electron chi connectivity index (χ0n) is 8.63. The second-order valence-electron chi connectivity index (χ2n) is 3.11. The molecule has 0 saturated carbocycles. The highest BCUT2D eigenvalue weighted by molar-refractivity contribution is 7.51. The van der Waals surface area contributed by atoms with Gasteiger partial charge in [0, 0.05) is 12.6 Å². The molecule has 0 aromatic heterocycles. The number of carbonyl (C=O) groups is 1. The molecule has 0 rings (SSSR count). The maximum absolute atomic E-state index is 10.6. The zero-order chi connectivity index (χ0) is 11.9. The summed E-state index contributed by atoms with van der Waals surface area (Å²) in [4.78, 5) is 29.4. The van der Waals surface area contributed by atoms with Crippen molar-refractivity contribution in [3.05, 3.63) is 12.7 Å². The largest absolute Gasteiger partial charge is 0.462 e. The number of rotatable bonds is 7. The molecule has 0 saturated heterocycles. The van der Waals surface area contributed by atoms with E-state index in [1.807, 2.05) is 0 Å². The van der Waals surface area contributed by atoms with Crippen LogP contribution in [0.25, 0.3) is 0 Å². The highest BCUT2D eigenvalue weighted by Crippen LogP contribution is 2.34. The Morgan fingerprint density at radius 1 is 1.60 bits per heavy atom. The summed E-state index contributed by atoms with van der Waals surface area (Å²) in [6.07, 6.45) is 1.30. The van der Waals surface area contributed by atoms with Crippen LogP contribution in [-0.4, -0.2) is 47.1 Å². The molecule has 0 aliphatic rings. The molecule has 0 unspecified atom stereocenters. The quantitative estimate of drug-likeness (QED) is 0.284. The van der Waals surface area contributed by atoms with Crippen molar-refractivity contribution in [1.29, 1.82) is 0 Å². The van der Waals surface area contributed by atoms with E-state index in [4.69, 9.17) is 14.5 Å². The molecule has 0 atom stereocenters. The van der Waals surface area contributed by atoms with Crippen molar-refractivity contribution < 1.29 is 23.9 Å². The van der Waals surface area contributed by atoms with Crippen molar-refractivity contribution in [3.8, 4) is 0 Å². The summed E-state index contributed by atoms with van der Waals surface area (Å²) in [6, 6.07) is 0. The minimum Gasteiger partial charge on any atom is -0.462 e. The van der Waals surface area contributed by atoms with Crippen LogP contribution in [0.1, 0.15) is 6.42 Å². The third-order valence-corrected chi connectivity index (χ3v) is 2.37. The van der Waals surface area contributed by atoms with E-state index in [0.717, 1.165) is 6.08 Å². The summed E-state index contributed by atoms with van der Waals surface area (Å²) in [7, 11) is -2.40. The first-order valence-corrected chi connectivity index (χ1v) is 6.17. The molecule has 0 aromatic carbocycles. The molecule has 0 spiro atoms. The van der Waals surface area contributed by atoms with Crippen molar-refractivity contribution in [2.45, 2.75) is 6.42 Å².